The van der Waals surface area contributed by atoms with Crippen LogP contribution in [0.1, 0.15) is 0 Å². The maximum Gasteiger partial charge on any atom is 0.212 e. The van der Waals surface area contributed by atoms with Gasteiger partial charge in [-0.15, -0.1) is 0 Å². The van der Waals surface area contributed by atoms with Gasteiger partial charge in [-0.25, -0.2) is 0 Å². The Morgan fingerprint density at radius 3 is 2.83 bits per heavy atom. The molecule has 0 spiro atoms. The number of rotatable bonds is 0. The number of hydrogen-bond donors (Lipinski definition) is 0. The zero-order valence-electron chi connectivity index (χ0n) is 3.85. The molecule has 1 rings (SSSR count). The molecule has 0 N–H and O–H groups in total. The lowest BCUT2D eigenvalue weighted by atomic mass is 9.55. The fraction of sp³-hybridized carbons (Fsp3) is 0.500. The molecule has 0 aliphatic carbocycles. The summed E-state index contributed by atoms with van der Waals surface area (Å²) >= 11 is 0. The lowest BCUT2D eigenvalue weighted by Gasteiger charge is -1.86. The predicted octanol–water partition coefficient (Wildman–Crippen LogP) is 0.733. The molecule has 0 aromatic rings. The highest BCUT2D eigenvalue weighted by Gasteiger charge is 2.05. The molecule has 1 heterocycles. The van der Waals surface area contributed by atoms with Gasteiger partial charge in [0.15, 0.2) is 0 Å². The first-order chi connectivity index (χ1) is 2.89. The molecule has 1 nitrogen and oxygen atoms in total. The third-order valence-corrected chi connectivity index (χ3v) is 0.862. The molecule has 0 unspecified atom stereocenters. The number of hydrogen-bond acceptors (Lipinski definition) is 1. The van der Waals surface area contributed by atoms with Gasteiger partial charge in [-0.2, -0.15) is 0 Å². The summed E-state index contributed by atoms with van der Waals surface area (Å²) in [7, 11) is 0. The Morgan fingerprint density at radius 2 is 2.67 bits per heavy atom. The minimum Gasteiger partial charge on any atom is -0.510 e. The summed E-state index contributed by atoms with van der Waals surface area (Å²) < 4.78 is 4.88. The van der Waals surface area contributed by atoms with E-state index < -0.39 is 0 Å². The van der Waals surface area contributed by atoms with E-state index >= 15 is 0 Å². The SMILES string of the molecule is CB1C=COC1. The third kappa shape index (κ3) is 0.561. The average Bonchev–Trinajstić information content (AvgIpc) is 1.86. The molecule has 1 aliphatic heterocycles. The lowest BCUT2D eigenvalue weighted by molar-refractivity contribution is 0.319. The predicted molar refractivity (Wildman–Crippen MR) is 26.7 cm³/mol. The minimum absolute atomic E-state index is 0.644. The van der Waals surface area contributed by atoms with Crippen molar-refractivity contribution in [2.24, 2.45) is 0 Å². The van der Waals surface area contributed by atoms with Gasteiger partial charge in [0, 0.05) is 0 Å². The zero-order valence-corrected chi connectivity index (χ0v) is 3.85. The van der Waals surface area contributed by atoms with E-state index in [4.69, 9.17) is 4.74 Å². The highest BCUT2D eigenvalue weighted by atomic mass is 16.5. The maximum absolute atomic E-state index is 4.88. The van der Waals surface area contributed by atoms with Gasteiger partial charge in [-0.05, 0) is 0 Å². The van der Waals surface area contributed by atoms with Crippen LogP contribution in [0.15, 0.2) is 12.2 Å². The highest BCUT2D eigenvalue weighted by molar-refractivity contribution is 6.63. The minimum atomic E-state index is 0.644. The van der Waals surface area contributed by atoms with Crippen LogP contribution < -0.4 is 0 Å². The van der Waals surface area contributed by atoms with Crippen molar-refractivity contribution in [2.45, 2.75) is 6.82 Å². The molecule has 0 amide bonds. The number of ether oxygens (including phenoxy) is 1. The van der Waals surface area contributed by atoms with Crippen molar-refractivity contribution in [1.29, 1.82) is 0 Å². The van der Waals surface area contributed by atoms with Gasteiger partial charge in [-0.3, -0.25) is 0 Å². The molecule has 6 heavy (non-hydrogen) atoms. The summed E-state index contributed by atoms with van der Waals surface area (Å²) in [6.07, 6.45) is 1.75. The topological polar surface area (TPSA) is 9.23 Å². The van der Waals surface area contributed by atoms with E-state index in [1.807, 2.05) is 0 Å². The van der Waals surface area contributed by atoms with Crippen molar-refractivity contribution < 1.29 is 4.74 Å². The van der Waals surface area contributed by atoms with Crippen LogP contribution in [0.2, 0.25) is 6.82 Å². The van der Waals surface area contributed by atoms with Gasteiger partial charge in [0.05, 0.1) is 12.8 Å². The van der Waals surface area contributed by atoms with Crippen LogP contribution in [0.25, 0.3) is 0 Å². The van der Waals surface area contributed by atoms with Crippen LogP contribution in [0.3, 0.4) is 0 Å². The molecule has 0 bridgehead atoms. The van der Waals surface area contributed by atoms with Crippen molar-refractivity contribution >= 4 is 6.71 Å². The van der Waals surface area contributed by atoms with Gasteiger partial charge < -0.3 is 4.74 Å². The van der Waals surface area contributed by atoms with E-state index in [-0.39, 0.29) is 0 Å². The van der Waals surface area contributed by atoms with Gasteiger partial charge in [0.2, 0.25) is 6.71 Å². The van der Waals surface area contributed by atoms with Crippen LogP contribution in [-0.2, 0) is 4.74 Å². The highest BCUT2D eigenvalue weighted by Crippen LogP contribution is 1.94. The molecular weight excluding hydrogens is 74.9 g/mol. The van der Waals surface area contributed by atoms with Crippen molar-refractivity contribution in [3.05, 3.63) is 12.2 Å². The van der Waals surface area contributed by atoms with Crippen LogP contribution in [0.4, 0.5) is 0 Å². The molecule has 0 fully saturated rings. The Morgan fingerprint density at radius 1 is 1.83 bits per heavy atom. The van der Waals surface area contributed by atoms with Gasteiger partial charge >= 0.3 is 0 Å². The van der Waals surface area contributed by atoms with E-state index in [1.54, 1.807) is 6.26 Å². The molecule has 0 radical (unpaired) electrons. The first-order valence-corrected chi connectivity index (χ1v) is 2.18. The smallest absolute Gasteiger partial charge is 0.212 e. The summed E-state index contributed by atoms with van der Waals surface area (Å²) in [5.74, 6) is 2.06. The quantitative estimate of drug-likeness (QED) is 0.391. The fourth-order valence-electron chi connectivity index (χ4n) is 0.453. The Bertz CT molecular complexity index is 69.9. The molecule has 1 aliphatic rings. The van der Waals surface area contributed by atoms with E-state index in [0.29, 0.717) is 6.71 Å². The summed E-state index contributed by atoms with van der Waals surface area (Å²) in [5.41, 5.74) is 0. The Balaban J connectivity index is 2.38. The Labute approximate surface area is 38.1 Å². The first-order valence-electron chi connectivity index (χ1n) is 2.18. The van der Waals surface area contributed by atoms with Crippen LogP contribution >= 0.6 is 0 Å². The van der Waals surface area contributed by atoms with Crippen LogP contribution in [-0.4, -0.2) is 13.2 Å². The van der Waals surface area contributed by atoms with E-state index in [2.05, 4.69) is 12.8 Å². The Kier molecular flexibility index (Phi) is 0.865. The molecule has 2 heteroatoms. The summed E-state index contributed by atoms with van der Waals surface area (Å²) in [6, 6.07) is 0. The molecule has 0 aromatic carbocycles. The van der Waals surface area contributed by atoms with Crippen molar-refractivity contribution in [3.8, 4) is 0 Å². The summed E-state index contributed by atoms with van der Waals surface area (Å²) in [5, 5.41) is 0. The summed E-state index contributed by atoms with van der Waals surface area (Å²) in [4.78, 5) is 0. The van der Waals surface area contributed by atoms with Crippen molar-refractivity contribution in [3.63, 3.8) is 0 Å². The largest absolute Gasteiger partial charge is 0.510 e. The zero-order chi connectivity index (χ0) is 4.41. The van der Waals surface area contributed by atoms with E-state index in [9.17, 15) is 0 Å². The Hall–Kier alpha value is -0.395. The van der Waals surface area contributed by atoms with E-state index in [1.165, 1.54) is 0 Å². The molecular formula is C4H7BO. The van der Waals surface area contributed by atoms with E-state index in [0.717, 1.165) is 6.51 Å². The molecule has 0 aromatic heterocycles. The van der Waals surface area contributed by atoms with Gasteiger partial charge in [-0.1, -0.05) is 12.8 Å². The normalized spacial score (nSPS) is 18.5. The molecule has 0 atom stereocenters. The van der Waals surface area contributed by atoms with Gasteiger partial charge in [0.25, 0.3) is 0 Å². The second-order valence-corrected chi connectivity index (χ2v) is 1.64. The maximum atomic E-state index is 4.88. The summed E-state index contributed by atoms with van der Waals surface area (Å²) in [6.45, 7) is 3.65. The second-order valence-electron chi connectivity index (χ2n) is 1.64. The average molecular weight is 81.9 g/mol. The second kappa shape index (κ2) is 1.37. The standard InChI is InChI=1S/C4H7BO/c1-5-2-3-6-4-5/h2-3H,4H2,1H3. The molecule has 0 saturated heterocycles. The molecule has 32 valence electrons. The fourth-order valence-corrected chi connectivity index (χ4v) is 0.453. The van der Waals surface area contributed by atoms with Gasteiger partial charge in [0.1, 0.15) is 0 Å². The van der Waals surface area contributed by atoms with Crippen LogP contribution in [0.5, 0.6) is 0 Å². The first kappa shape index (κ1) is 3.78. The molecule has 0 saturated carbocycles. The lowest BCUT2D eigenvalue weighted by Crippen LogP contribution is -2.04. The monoisotopic (exact) mass is 82.1 g/mol. The van der Waals surface area contributed by atoms with Crippen molar-refractivity contribution in [2.75, 3.05) is 6.51 Å². The van der Waals surface area contributed by atoms with Crippen LogP contribution in [0, 0.1) is 0 Å². The third-order valence-electron chi connectivity index (χ3n) is 0.862. The van der Waals surface area contributed by atoms with Crippen molar-refractivity contribution in [1.82, 2.24) is 0 Å².